The van der Waals surface area contributed by atoms with Gasteiger partial charge in [0.15, 0.2) is 0 Å². The molecule has 1 atom stereocenters. The first-order valence-electron chi connectivity index (χ1n) is 9.28. The van der Waals surface area contributed by atoms with Crippen LogP contribution in [0.3, 0.4) is 0 Å². The topological polar surface area (TPSA) is 26.8 Å². The highest BCUT2D eigenvalue weighted by molar-refractivity contribution is 6.33. The first kappa shape index (κ1) is 17.4. The van der Waals surface area contributed by atoms with Gasteiger partial charge in [0.25, 0.3) is 0 Å². The van der Waals surface area contributed by atoms with Gasteiger partial charge in [-0.05, 0) is 37.1 Å². The number of carbonyl (C=O) groups excluding carboxylic acids is 1. The summed E-state index contributed by atoms with van der Waals surface area (Å²) in [5.74, 6) is 0.209. The molecule has 0 saturated carbocycles. The summed E-state index contributed by atoms with van der Waals surface area (Å²) in [4.78, 5) is 19.6. The Labute approximate surface area is 160 Å². The Morgan fingerprint density at radius 2 is 1.58 bits per heavy atom. The Balaban J connectivity index is 1.40. The number of rotatable bonds is 3. The molecule has 0 aromatic heterocycles. The number of para-hydroxylation sites is 2. The van der Waals surface area contributed by atoms with E-state index in [1.807, 2.05) is 42.2 Å². The molecule has 0 aliphatic carbocycles. The van der Waals surface area contributed by atoms with E-state index >= 15 is 0 Å². The van der Waals surface area contributed by atoms with Gasteiger partial charge in [-0.25, -0.2) is 0 Å². The van der Waals surface area contributed by atoms with Crippen molar-refractivity contribution < 1.29 is 4.79 Å². The molecule has 26 heavy (non-hydrogen) atoms. The van der Waals surface area contributed by atoms with E-state index in [0.717, 1.165) is 55.5 Å². The number of carbonyl (C=O) groups is 1. The molecule has 4 rings (SSSR count). The second kappa shape index (κ2) is 7.29. The zero-order valence-corrected chi connectivity index (χ0v) is 15.8. The highest BCUT2D eigenvalue weighted by Crippen LogP contribution is 2.29. The van der Waals surface area contributed by atoms with Crippen LogP contribution in [0.1, 0.15) is 12.5 Å². The second-order valence-electron chi connectivity index (χ2n) is 7.02. The van der Waals surface area contributed by atoms with Crippen LogP contribution in [-0.2, 0) is 11.2 Å². The molecule has 1 unspecified atom stereocenters. The molecule has 2 aromatic rings. The van der Waals surface area contributed by atoms with Gasteiger partial charge in [-0.15, -0.1) is 0 Å². The Hall–Kier alpha value is -2.04. The monoisotopic (exact) mass is 369 g/mol. The predicted molar refractivity (Wildman–Crippen MR) is 107 cm³/mol. The van der Waals surface area contributed by atoms with Gasteiger partial charge >= 0.3 is 0 Å². The summed E-state index contributed by atoms with van der Waals surface area (Å²) in [6.07, 6.45) is 0.953. The lowest BCUT2D eigenvalue weighted by Crippen LogP contribution is -2.54. The third kappa shape index (κ3) is 3.19. The van der Waals surface area contributed by atoms with Gasteiger partial charge in [0.05, 0.1) is 16.8 Å². The van der Waals surface area contributed by atoms with Crippen LogP contribution in [0.2, 0.25) is 5.02 Å². The van der Waals surface area contributed by atoms with Crippen LogP contribution in [0.15, 0.2) is 48.5 Å². The van der Waals surface area contributed by atoms with Crippen molar-refractivity contribution in [3.8, 4) is 0 Å². The summed E-state index contributed by atoms with van der Waals surface area (Å²) in [5, 5.41) is 0.791. The number of benzene rings is 2. The number of nitrogens with zero attached hydrogens (tertiary/aromatic N) is 3. The van der Waals surface area contributed by atoms with Gasteiger partial charge in [-0.2, -0.15) is 0 Å². The molecular formula is C21H24ClN3O. The van der Waals surface area contributed by atoms with E-state index in [9.17, 15) is 4.79 Å². The molecule has 0 spiro atoms. The van der Waals surface area contributed by atoms with E-state index < -0.39 is 0 Å². The van der Waals surface area contributed by atoms with Crippen LogP contribution in [0.25, 0.3) is 0 Å². The summed E-state index contributed by atoms with van der Waals surface area (Å²) in [5.41, 5.74) is 3.44. The minimum absolute atomic E-state index is 0.102. The fraction of sp³-hybridized carbons (Fsp3) is 0.381. The number of hydrogen-bond donors (Lipinski definition) is 0. The smallest absolute Gasteiger partial charge is 0.244 e. The van der Waals surface area contributed by atoms with Crippen molar-refractivity contribution in [2.24, 2.45) is 0 Å². The van der Waals surface area contributed by atoms with Crippen molar-refractivity contribution in [2.75, 3.05) is 42.5 Å². The largest absolute Gasteiger partial charge is 0.368 e. The average Bonchev–Trinajstić information content (AvgIpc) is 3.11. The van der Waals surface area contributed by atoms with Crippen LogP contribution in [0.4, 0.5) is 11.4 Å². The lowest BCUT2D eigenvalue weighted by atomic mass is 10.1. The number of amides is 1. The van der Waals surface area contributed by atoms with Gasteiger partial charge in [0.2, 0.25) is 5.91 Å². The normalized spacial score (nSPS) is 18.7. The van der Waals surface area contributed by atoms with E-state index in [1.54, 1.807) is 0 Å². The summed E-state index contributed by atoms with van der Waals surface area (Å²) >= 11 is 6.32. The zero-order chi connectivity index (χ0) is 18.1. The molecule has 0 radical (unpaired) electrons. The van der Waals surface area contributed by atoms with Crippen molar-refractivity contribution >= 4 is 28.9 Å². The Morgan fingerprint density at radius 1 is 0.923 bits per heavy atom. The summed E-state index contributed by atoms with van der Waals surface area (Å²) in [6, 6.07) is 16.1. The van der Waals surface area contributed by atoms with Crippen molar-refractivity contribution in [1.29, 1.82) is 0 Å². The van der Waals surface area contributed by atoms with E-state index in [0.29, 0.717) is 0 Å². The van der Waals surface area contributed by atoms with Gasteiger partial charge in [0, 0.05) is 38.4 Å². The van der Waals surface area contributed by atoms with Crippen LogP contribution < -0.4 is 9.80 Å². The first-order valence-corrected chi connectivity index (χ1v) is 9.66. The van der Waals surface area contributed by atoms with Crippen LogP contribution in [0.5, 0.6) is 0 Å². The quantitative estimate of drug-likeness (QED) is 0.829. The summed E-state index contributed by atoms with van der Waals surface area (Å²) in [7, 11) is 0. The molecule has 136 valence electrons. The molecule has 1 saturated heterocycles. The maximum absolute atomic E-state index is 13.1. The molecule has 1 fully saturated rings. The van der Waals surface area contributed by atoms with E-state index in [1.165, 1.54) is 5.56 Å². The highest BCUT2D eigenvalue weighted by Gasteiger charge is 2.32. The number of anilines is 2. The molecule has 2 heterocycles. The van der Waals surface area contributed by atoms with Gasteiger partial charge in [0.1, 0.15) is 0 Å². The van der Waals surface area contributed by atoms with Crippen molar-refractivity contribution in [3.63, 3.8) is 0 Å². The predicted octanol–water partition coefficient (Wildman–Crippen LogP) is 3.44. The molecule has 0 N–H and O–H groups in total. The average molecular weight is 370 g/mol. The van der Waals surface area contributed by atoms with Crippen molar-refractivity contribution in [1.82, 2.24) is 4.90 Å². The minimum Gasteiger partial charge on any atom is -0.368 e. The first-order chi connectivity index (χ1) is 12.6. The number of fused-ring (bicyclic) bond motifs is 1. The van der Waals surface area contributed by atoms with Gasteiger partial charge in [-0.1, -0.05) is 41.9 Å². The van der Waals surface area contributed by atoms with Gasteiger partial charge in [-0.3, -0.25) is 9.69 Å². The van der Waals surface area contributed by atoms with E-state index in [2.05, 4.69) is 28.0 Å². The maximum atomic E-state index is 13.1. The molecule has 1 amide bonds. The van der Waals surface area contributed by atoms with Crippen LogP contribution in [-0.4, -0.2) is 49.6 Å². The molecule has 4 nitrogen and oxygen atoms in total. The van der Waals surface area contributed by atoms with Crippen LogP contribution in [0, 0.1) is 0 Å². The number of piperazine rings is 1. The summed E-state index contributed by atoms with van der Waals surface area (Å²) < 4.78 is 0. The van der Waals surface area contributed by atoms with Crippen LogP contribution >= 0.6 is 11.6 Å². The van der Waals surface area contributed by atoms with Gasteiger partial charge < -0.3 is 9.80 Å². The summed E-state index contributed by atoms with van der Waals surface area (Å²) in [6.45, 7) is 6.34. The molecule has 2 aliphatic rings. The second-order valence-corrected chi connectivity index (χ2v) is 7.43. The van der Waals surface area contributed by atoms with Crippen molar-refractivity contribution in [2.45, 2.75) is 19.4 Å². The molecule has 2 aliphatic heterocycles. The fourth-order valence-electron chi connectivity index (χ4n) is 4.01. The number of halogens is 1. The highest BCUT2D eigenvalue weighted by atomic mass is 35.5. The fourth-order valence-corrected chi connectivity index (χ4v) is 4.26. The Bertz CT molecular complexity index is 801. The third-order valence-corrected chi connectivity index (χ3v) is 5.89. The molecular weight excluding hydrogens is 346 g/mol. The maximum Gasteiger partial charge on any atom is 0.244 e. The zero-order valence-electron chi connectivity index (χ0n) is 15.1. The lowest BCUT2D eigenvalue weighted by Gasteiger charge is -2.39. The molecule has 0 bridgehead atoms. The molecule has 2 aromatic carbocycles. The third-order valence-electron chi connectivity index (χ3n) is 5.57. The minimum atomic E-state index is -0.102. The van der Waals surface area contributed by atoms with E-state index in [4.69, 9.17) is 11.6 Å². The van der Waals surface area contributed by atoms with E-state index in [-0.39, 0.29) is 11.9 Å². The lowest BCUT2D eigenvalue weighted by molar-refractivity contribution is -0.123. The van der Waals surface area contributed by atoms with Crippen molar-refractivity contribution in [3.05, 3.63) is 59.1 Å². The SMILES string of the molecule is CC(C(=O)N1CCc2ccccc21)N1CCN(c2ccccc2Cl)CC1. The number of hydrogen-bond acceptors (Lipinski definition) is 3. The Morgan fingerprint density at radius 3 is 2.31 bits per heavy atom. The Kier molecular flexibility index (Phi) is 4.88. The molecule has 5 heteroatoms. The standard InChI is InChI=1S/C21H24ClN3O/c1-16(21(26)25-11-10-17-6-2-4-8-19(17)25)23-12-14-24(15-13-23)20-9-5-3-7-18(20)22/h2-9,16H,10-15H2,1H3.